The lowest BCUT2D eigenvalue weighted by Crippen LogP contribution is -2.16. The van der Waals surface area contributed by atoms with Crippen molar-refractivity contribution in [3.05, 3.63) is 35.4 Å². The summed E-state index contributed by atoms with van der Waals surface area (Å²) in [6, 6.07) is 7.59. The second-order valence-corrected chi connectivity index (χ2v) is 3.75. The van der Waals surface area contributed by atoms with Crippen LogP contribution in [0.1, 0.15) is 31.1 Å². The van der Waals surface area contributed by atoms with Crippen LogP contribution < -0.4 is 0 Å². The molecule has 0 aliphatic heterocycles. The van der Waals surface area contributed by atoms with E-state index in [1.807, 2.05) is 31.2 Å². The van der Waals surface area contributed by atoms with Gasteiger partial charge in [-0.2, -0.15) is 0 Å². The molecule has 2 nitrogen and oxygen atoms in total. The quantitative estimate of drug-likeness (QED) is 0.797. The van der Waals surface area contributed by atoms with Crippen molar-refractivity contribution in [1.29, 1.82) is 0 Å². The van der Waals surface area contributed by atoms with Gasteiger partial charge in [0.05, 0.1) is 6.10 Å². The first-order valence-corrected chi connectivity index (χ1v) is 4.77. The average molecular weight is 192 g/mol. The SMILES string of the molecule is CC(=O)C(C)C(O)c1ccc(C)cc1. The Hall–Kier alpha value is -1.15. The molecule has 0 saturated heterocycles. The monoisotopic (exact) mass is 192 g/mol. The lowest BCUT2D eigenvalue weighted by Gasteiger charge is -2.16. The second kappa shape index (κ2) is 4.38. The van der Waals surface area contributed by atoms with E-state index in [0.717, 1.165) is 11.1 Å². The number of aryl methyl sites for hydroxylation is 1. The molecular formula is C12H16O2. The minimum absolute atomic E-state index is 0.0121. The van der Waals surface area contributed by atoms with Crippen molar-refractivity contribution < 1.29 is 9.90 Å². The largest absolute Gasteiger partial charge is 0.388 e. The number of aliphatic hydroxyl groups is 1. The van der Waals surface area contributed by atoms with Crippen molar-refractivity contribution in [2.24, 2.45) is 5.92 Å². The molecular weight excluding hydrogens is 176 g/mol. The van der Waals surface area contributed by atoms with Crippen LogP contribution in [-0.2, 0) is 4.79 Å². The molecule has 2 atom stereocenters. The molecule has 0 saturated carbocycles. The van der Waals surface area contributed by atoms with Crippen molar-refractivity contribution in [1.82, 2.24) is 0 Å². The van der Waals surface area contributed by atoms with E-state index in [4.69, 9.17) is 0 Å². The number of carbonyl (C=O) groups is 1. The maximum Gasteiger partial charge on any atom is 0.135 e. The minimum atomic E-state index is -0.687. The number of ketones is 1. The van der Waals surface area contributed by atoms with Gasteiger partial charge in [-0.1, -0.05) is 36.8 Å². The van der Waals surface area contributed by atoms with Gasteiger partial charge in [-0.15, -0.1) is 0 Å². The third kappa shape index (κ3) is 2.42. The van der Waals surface area contributed by atoms with Crippen molar-refractivity contribution in [2.45, 2.75) is 26.9 Å². The molecule has 0 aliphatic carbocycles. The fourth-order valence-electron chi connectivity index (χ4n) is 1.27. The molecule has 0 aliphatic rings. The molecule has 0 fully saturated rings. The molecule has 1 N–H and O–H groups in total. The van der Waals surface area contributed by atoms with E-state index in [1.54, 1.807) is 6.92 Å². The highest BCUT2D eigenvalue weighted by Crippen LogP contribution is 2.22. The molecule has 76 valence electrons. The summed E-state index contributed by atoms with van der Waals surface area (Å²) in [5, 5.41) is 9.83. The number of Topliss-reactive ketones (excluding diaryl/α,β-unsaturated/α-hetero) is 1. The normalized spacial score (nSPS) is 14.9. The van der Waals surface area contributed by atoms with Crippen molar-refractivity contribution in [3.63, 3.8) is 0 Å². The molecule has 1 rings (SSSR count). The van der Waals surface area contributed by atoms with Crippen LogP contribution in [0.4, 0.5) is 0 Å². The standard InChI is InChI=1S/C12H16O2/c1-8-4-6-11(7-5-8)12(14)9(2)10(3)13/h4-7,9,12,14H,1-3H3. The van der Waals surface area contributed by atoms with Crippen LogP contribution in [0.25, 0.3) is 0 Å². The third-order valence-corrected chi connectivity index (χ3v) is 2.53. The molecule has 0 amide bonds. The summed E-state index contributed by atoms with van der Waals surface area (Å²) in [6.45, 7) is 5.24. The highest BCUT2D eigenvalue weighted by Gasteiger charge is 2.19. The Morgan fingerprint density at radius 3 is 2.21 bits per heavy atom. The molecule has 2 unspecified atom stereocenters. The Labute approximate surface area is 84.6 Å². The number of benzene rings is 1. The van der Waals surface area contributed by atoms with Crippen LogP contribution in [0, 0.1) is 12.8 Å². The molecule has 0 aromatic heterocycles. The first kappa shape index (κ1) is 10.9. The Balaban J connectivity index is 2.84. The van der Waals surface area contributed by atoms with Crippen molar-refractivity contribution >= 4 is 5.78 Å². The number of aliphatic hydroxyl groups excluding tert-OH is 1. The van der Waals surface area contributed by atoms with Crippen LogP contribution in [0.15, 0.2) is 24.3 Å². The van der Waals surface area contributed by atoms with E-state index in [2.05, 4.69) is 0 Å². The molecule has 0 heterocycles. The van der Waals surface area contributed by atoms with Gasteiger partial charge in [0, 0.05) is 5.92 Å². The average Bonchev–Trinajstić information content (AvgIpc) is 2.16. The summed E-state index contributed by atoms with van der Waals surface area (Å²) in [6.07, 6.45) is -0.687. The lowest BCUT2D eigenvalue weighted by atomic mass is 9.94. The summed E-state index contributed by atoms with van der Waals surface area (Å²) < 4.78 is 0. The Morgan fingerprint density at radius 1 is 1.29 bits per heavy atom. The number of rotatable bonds is 3. The van der Waals surface area contributed by atoms with Gasteiger partial charge in [0.1, 0.15) is 5.78 Å². The van der Waals surface area contributed by atoms with Gasteiger partial charge in [-0.3, -0.25) is 4.79 Å². The van der Waals surface area contributed by atoms with Gasteiger partial charge < -0.3 is 5.11 Å². The van der Waals surface area contributed by atoms with E-state index >= 15 is 0 Å². The smallest absolute Gasteiger partial charge is 0.135 e. The van der Waals surface area contributed by atoms with E-state index < -0.39 is 6.10 Å². The van der Waals surface area contributed by atoms with Crippen LogP contribution in [-0.4, -0.2) is 10.9 Å². The summed E-state index contributed by atoms with van der Waals surface area (Å²) in [4.78, 5) is 11.1. The van der Waals surface area contributed by atoms with Gasteiger partial charge >= 0.3 is 0 Å². The summed E-state index contributed by atoms with van der Waals surface area (Å²) in [5.74, 6) is -0.323. The van der Waals surface area contributed by atoms with Crippen LogP contribution in [0.2, 0.25) is 0 Å². The van der Waals surface area contributed by atoms with Crippen LogP contribution in [0.3, 0.4) is 0 Å². The van der Waals surface area contributed by atoms with E-state index in [-0.39, 0.29) is 11.7 Å². The Morgan fingerprint density at radius 2 is 1.79 bits per heavy atom. The van der Waals surface area contributed by atoms with E-state index in [0.29, 0.717) is 0 Å². The fraction of sp³-hybridized carbons (Fsp3) is 0.417. The molecule has 1 aromatic rings. The van der Waals surface area contributed by atoms with Gasteiger partial charge in [-0.25, -0.2) is 0 Å². The predicted octanol–water partition coefficient (Wildman–Crippen LogP) is 2.25. The first-order valence-electron chi connectivity index (χ1n) is 4.77. The molecule has 0 spiro atoms. The zero-order chi connectivity index (χ0) is 10.7. The highest BCUT2D eigenvalue weighted by atomic mass is 16.3. The summed E-state index contributed by atoms with van der Waals surface area (Å²) >= 11 is 0. The summed E-state index contributed by atoms with van der Waals surface area (Å²) in [5.41, 5.74) is 1.95. The van der Waals surface area contributed by atoms with Crippen LogP contribution in [0.5, 0.6) is 0 Å². The molecule has 0 radical (unpaired) electrons. The predicted molar refractivity (Wildman–Crippen MR) is 56.0 cm³/mol. The maximum atomic E-state index is 11.1. The number of hydrogen-bond acceptors (Lipinski definition) is 2. The lowest BCUT2D eigenvalue weighted by molar-refractivity contribution is -0.123. The third-order valence-electron chi connectivity index (χ3n) is 2.53. The zero-order valence-corrected chi connectivity index (χ0v) is 8.82. The molecule has 14 heavy (non-hydrogen) atoms. The fourth-order valence-corrected chi connectivity index (χ4v) is 1.27. The molecule has 1 aromatic carbocycles. The number of carbonyl (C=O) groups excluding carboxylic acids is 1. The topological polar surface area (TPSA) is 37.3 Å². The van der Waals surface area contributed by atoms with Crippen molar-refractivity contribution in [3.8, 4) is 0 Å². The zero-order valence-electron chi connectivity index (χ0n) is 8.82. The number of hydrogen-bond donors (Lipinski definition) is 1. The van der Waals surface area contributed by atoms with Crippen LogP contribution >= 0.6 is 0 Å². The van der Waals surface area contributed by atoms with Gasteiger partial charge in [0.15, 0.2) is 0 Å². The maximum absolute atomic E-state index is 11.1. The van der Waals surface area contributed by atoms with E-state index in [9.17, 15) is 9.90 Å². The molecule has 2 heteroatoms. The van der Waals surface area contributed by atoms with Crippen molar-refractivity contribution in [2.75, 3.05) is 0 Å². The van der Waals surface area contributed by atoms with E-state index in [1.165, 1.54) is 6.92 Å². The van der Waals surface area contributed by atoms with Gasteiger partial charge in [0.2, 0.25) is 0 Å². The Bertz CT molecular complexity index is 314. The first-order chi connectivity index (χ1) is 6.52. The van der Waals surface area contributed by atoms with Gasteiger partial charge in [-0.05, 0) is 19.4 Å². The second-order valence-electron chi connectivity index (χ2n) is 3.75. The highest BCUT2D eigenvalue weighted by molar-refractivity contribution is 5.78. The summed E-state index contributed by atoms with van der Waals surface area (Å²) in [7, 11) is 0. The minimum Gasteiger partial charge on any atom is -0.388 e. The van der Waals surface area contributed by atoms with Gasteiger partial charge in [0.25, 0.3) is 0 Å². The molecule has 0 bridgehead atoms. The Kier molecular flexibility index (Phi) is 3.42.